The van der Waals surface area contributed by atoms with Crippen LogP contribution < -0.4 is 5.73 Å². The van der Waals surface area contributed by atoms with E-state index in [1.165, 1.54) is 44.2 Å². The first kappa shape index (κ1) is 12.2. The van der Waals surface area contributed by atoms with Crippen LogP contribution in [0.4, 0.5) is 0 Å². The first-order chi connectivity index (χ1) is 8.81. The Morgan fingerprint density at radius 2 is 1.89 bits per heavy atom. The summed E-state index contributed by atoms with van der Waals surface area (Å²) in [5.41, 5.74) is 7.87. The van der Waals surface area contributed by atoms with Gasteiger partial charge in [0.15, 0.2) is 0 Å². The first-order valence-electron chi connectivity index (χ1n) is 7.58. The van der Waals surface area contributed by atoms with Crippen LogP contribution in [0, 0.1) is 17.8 Å². The molecule has 2 N–H and O–H groups in total. The van der Waals surface area contributed by atoms with Crippen LogP contribution in [0.25, 0.3) is 0 Å². The lowest BCUT2D eigenvalue weighted by Gasteiger charge is -2.45. The summed E-state index contributed by atoms with van der Waals surface area (Å²) in [5.74, 6) is 2.46. The molecule has 0 aromatic carbocycles. The SMILES string of the molecule is CCn1nccc1C(N)C(C1CCC1)C1CCC1. The summed E-state index contributed by atoms with van der Waals surface area (Å²) in [6.07, 6.45) is 10.3. The van der Waals surface area contributed by atoms with Crippen LogP contribution in [0.5, 0.6) is 0 Å². The number of aromatic nitrogens is 2. The Bertz CT molecular complexity index is 376. The molecule has 0 bridgehead atoms. The van der Waals surface area contributed by atoms with E-state index in [1.807, 2.05) is 6.20 Å². The molecule has 2 aliphatic rings. The van der Waals surface area contributed by atoms with Crippen molar-refractivity contribution in [2.45, 2.75) is 58.0 Å². The number of rotatable bonds is 5. The summed E-state index contributed by atoms with van der Waals surface area (Å²) in [7, 11) is 0. The van der Waals surface area contributed by atoms with Gasteiger partial charge in [0.25, 0.3) is 0 Å². The van der Waals surface area contributed by atoms with E-state index in [-0.39, 0.29) is 6.04 Å². The summed E-state index contributed by atoms with van der Waals surface area (Å²) < 4.78 is 2.08. The van der Waals surface area contributed by atoms with E-state index in [9.17, 15) is 0 Å². The molecule has 0 aliphatic heterocycles. The number of nitrogens with zero attached hydrogens (tertiary/aromatic N) is 2. The van der Waals surface area contributed by atoms with Crippen molar-refractivity contribution in [2.75, 3.05) is 0 Å². The van der Waals surface area contributed by atoms with Crippen molar-refractivity contribution in [3.05, 3.63) is 18.0 Å². The van der Waals surface area contributed by atoms with Crippen molar-refractivity contribution in [2.24, 2.45) is 23.5 Å². The Morgan fingerprint density at radius 3 is 2.33 bits per heavy atom. The number of nitrogens with two attached hydrogens (primary N) is 1. The summed E-state index contributed by atoms with van der Waals surface area (Å²) in [4.78, 5) is 0. The van der Waals surface area contributed by atoms with Crippen molar-refractivity contribution in [1.29, 1.82) is 0 Å². The molecular weight excluding hydrogens is 222 g/mol. The predicted octanol–water partition coefficient (Wildman–Crippen LogP) is 3.12. The molecule has 100 valence electrons. The van der Waals surface area contributed by atoms with Gasteiger partial charge >= 0.3 is 0 Å². The minimum absolute atomic E-state index is 0.197. The van der Waals surface area contributed by atoms with E-state index < -0.39 is 0 Å². The van der Waals surface area contributed by atoms with Gasteiger partial charge in [0, 0.05) is 12.7 Å². The Labute approximate surface area is 110 Å². The molecule has 1 unspecified atom stereocenters. The minimum Gasteiger partial charge on any atom is -0.322 e. The Hall–Kier alpha value is -0.830. The van der Waals surface area contributed by atoms with Gasteiger partial charge in [-0.25, -0.2) is 0 Å². The second-order valence-electron chi connectivity index (χ2n) is 6.06. The summed E-state index contributed by atoms with van der Waals surface area (Å²) in [5, 5.41) is 4.38. The highest BCUT2D eigenvalue weighted by molar-refractivity contribution is 5.10. The summed E-state index contributed by atoms with van der Waals surface area (Å²) in [6, 6.07) is 2.32. The molecule has 3 nitrogen and oxygen atoms in total. The summed E-state index contributed by atoms with van der Waals surface area (Å²) in [6.45, 7) is 3.07. The molecule has 3 rings (SSSR count). The van der Waals surface area contributed by atoms with E-state index in [2.05, 4.69) is 22.8 Å². The molecule has 18 heavy (non-hydrogen) atoms. The average Bonchev–Trinajstić information content (AvgIpc) is 2.70. The van der Waals surface area contributed by atoms with Gasteiger partial charge in [0.05, 0.1) is 11.7 Å². The smallest absolute Gasteiger partial charge is 0.0554 e. The number of hydrogen-bond acceptors (Lipinski definition) is 2. The lowest BCUT2D eigenvalue weighted by atomic mass is 9.62. The van der Waals surface area contributed by atoms with Crippen LogP contribution in [0.1, 0.15) is 57.2 Å². The fraction of sp³-hybridized carbons (Fsp3) is 0.800. The maximum Gasteiger partial charge on any atom is 0.0554 e. The first-order valence-corrected chi connectivity index (χ1v) is 7.58. The highest BCUT2D eigenvalue weighted by Gasteiger charge is 2.40. The molecule has 1 aromatic heterocycles. The van der Waals surface area contributed by atoms with E-state index in [1.54, 1.807) is 0 Å². The molecule has 1 atom stereocenters. The van der Waals surface area contributed by atoms with Crippen LogP contribution in [0.15, 0.2) is 12.3 Å². The van der Waals surface area contributed by atoms with Crippen LogP contribution >= 0.6 is 0 Å². The zero-order valence-corrected chi connectivity index (χ0v) is 11.4. The van der Waals surface area contributed by atoms with Gasteiger partial charge in [-0.3, -0.25) is 4.68 Å². The molecule has 0 amide bonds. The Morgan fingerprint density at radius 1 is 1.28 bits per heavy atom. The Balaban J connectivity index is 1.80. The van der Waals surface area contributed by atoms with Gasteiger partial charge in [0.1, 0.15) is 0 Å². The molecule has 0 spiro atoms. The molecule has 2 aliphatic carbocycles. The molecule has 2 fully saturated rings. The topological polar surface area (TPSA) is 43.8 Å². The minimum atomic E-state index is 0.197. The van der Waals surface area contributed by atoms with Gasteiger partial charge < -0.3 is 5.73 Å². The van der Waals surface area contributed by atoms with Crippen LogP contribution in [0.2, 0.25) is 0 Å². The van der Waals surface area contributed by atoms with E-state index in [4.69, 9.17) is 5.73 Å². The number of hydrogen-bond donors (Lipinski definition) is 1. The fourth-order valence-corrected chi connectivity index (χ4v) is 3.71. The molecule has 0 saturated heterocycles. The maximum atomic E-state index is 6.62. The van der Waals surface area contributed by atoms with E-state index in [0.717, 1.165) is 18.4 Å². The van der Waals surface area contributed by atoms with Gasteiger partial charge in [-0.05, 0) is 30.7 Å². The van der Waals surface area contributed by atoms with Crippen molar-refractivity contribution in [3.8, 4) is 0 Å². The average molecular weight is 247 g/mol. The molecule has 1 aromatic rings. The van der Waals surface area contributed by atoms with Gasteiger partial charge in [-0.1, -0.05) is 38.5 Å². The van der Waals surface area contributed by atoms with Crippen LogP contribution in [-0.2, 0) is 6.54 Å². The Kier molecular flexibility index (Phi) is 3.42. The normalized spacial score (nSPS) is 22.8. The largest absolute Gasteiger partial charge is 0.322 e. The lowest BCUT2D eigenvalue weighted by molar-refractivity contribution is 0.0689. The van der Waals surface area contributed by atoms with Crippen LogP contribution in [-0.4, -0.2) is 9.78 Å². The molecular formula is C15H25N3. The third-order valence-electron chi connectivity index (χ3n) is 5.19. The number of aryl methyl sites for hydroxylation is 1. The van der Waals surface area contributed by atoms with Crippen molar-refractivity contribution >= 4 is 0 Å². The van der Waals surface area contributed by atoms with Gasteiger partial charge in [0.2, 0.25) is 0 Å². The zero-order valence-electron chi connectivity index (χ0n) is 11.4. The predicted molar refractivity (Wildman–Crippen MR) is 73.0 cm³/mol. The van der Waals surface area contributed by atoms with Crippen molar-refractivity contribution in [1.82, 2.24) is 9.78 Å². The quantitative estimate of drug-likeness (QED) is 0.868. The highest BCUT2D eigenvalue weighted by atomic mass is 15.3. The van der Waals surface area contributed by atoms with Crippen molar-refractivity contribution < 1.29 is 0 Å². The molecule has 1 heterocycles. The van der Waals surface area contributed by atoms with E-state index in [0.29, 0.717) is 5.92 Å². The standard InChI is InChI=1S/C15H25N3/c1-2-18-13(9-10-17-18)15(16)14(11-5-3-6-11)12-7-4-8-12/h9-12,14-15H,2-8,16H2,1H3. The molecule has 0 radical (unpaired) electrons. The lowest BCUT2D eigenvalue weighted by Crippen LogP contribution is -2.40. The van der Waals surface area contributed by atoms with E-state index >= 15 is 0 Å². The monoisotopic (exact) mass is 247 g/mol. The highest BCUT2D eigenvalue weighted by Crippen LogP contribution is 2.48. The van der Waals surface area contributed by atoms with Crippen molar-refractivity contribution in [3.63, 3.8) is 0 Å². The zero-order chi connectivity index (χ0) is 12.5. The molecule has 3 heteroatoms. The molecule has 2 saturated carbocycles. The van der Waals surface area contributed by atoms with Crippen LogP contribution in [0.3, 0.4) is 0 Å². The fourth-order valence-electron chi connectivity index (χ4n) is 3.71. The second kappa shape index (κ2) is 5.04. The third kappa shape index (κ3) is 1.99. The van der Waals surface area contributed by atoms with Gasteiger partial charge in [-0.2, -0.15) is 5.10 Å². The second-order valence-corrected chi connectivity index (χ2v) is 6.06. The maximum absolute atomic E-state index is 6.62. The summed E-state index contributed by atoms with van der Waals surface area (Å²) >= 11 is 0. The third-order valence-corrected chi connectivity index (χ3v) is 5.19. The van der Waals surface area contributed by atoms with Gasteiger partial charge in [-0.15, -0.1) is 0 Å².